The van der Waals surface area contributed by atoms with Crippen LogP contribution in [0.25, 0.3) is 0 Å². The van der Waals surface area contributed by atoms with Gasteiger partial charge in [-0.3, -0.25) is 0 Å². The molecule has 1 N–H and O–H groups in total. The van der Waals surface area contributed by atoms with Crippen molar-refractivity contribution >= 4 is 0 Å². The van der Waals surface area contributed by atoms with E-state index in [4.69, 9.17) is 4.74 Å². The van der Waals surface area contributed by atoms with Crippen LogP contribution in [0.1, 0.15) is 110 Å². The number of aliphatic hydroxyl groups is 1. The van der Waals surface area contributed by atoms with Gasteiger partial charge in [-0.1, -0.05) is 90.9 Å². The second-order valence-corrected chi connectivity index (χ2v) is 6.36. The van der Waals surface area contributed by atoms with Crippen LogP contribution in [0.2, 0.25) is 0 Å². The smallest absolute Gasteiger partial charge is 0.154 e. The number of aliphatic hydroxyl groups excluding tert-OH is 1. The first-order chi connectivity index (χ1) is 10.3. The van der Waals surface area contributed by atoms with Crippen LogP contribution in [0, 0.1) is 0 Å². The predicted molar refractivity (Wildman–Crippen MR) is 92.6 cm³/mol. The summed E-state index contributed by atoms with van der Waals surface area (Å²) in [4.78, 5) is 0. The van der Waals surface area contributed by atoms with Crippen LogP contribution in [0.4, 0.5) is 0 Å². The topological polar surface area (TPSA) is 29.5 Å². The van der Waals surface area contributed by atoms with Crippen molar-refractivity contribution in [3.8, 4) is 0 Å². The first-order valence-corrected chi connectivity index (χ1v) is 9.61. The zero-order valence-corrected chi connectivity index (χ0v) is 14.7. The maximum absolute atomic E-state index is 9.54. The second kappa shape index (κ2) is 18.0. The Hall–Kier alpha value is -0.0800. The molecule has 2 nitrogen and oxygen atoms in total. The molecule has 0 aliphatic carbocycles. The van der Waals surface area contributed by atoms with Crippen LogP contribution in [0.5, 0.6) is 0 Å². The number of hydrogen-bond donors (Lipinski definition) is 1. The Morgan fingerprint density at radius 1 is 0.619 bits per heavy atom. The summed E-state index contributed by atoms with van der Waals surface area (Å²) < 4.78 is 5.25. The lowest BCUT2D eigenvalue weighted by Crippen LogP contribution is -2.12. The number of ether oxygens (including phenoxy) is 1. The Balaban J connectivity index is 3.02. The highest BCUT2D eigenvalue weighted by atomic mass is 16.6. The van der Waals surface area contributed by atoms with Gasteiger partial charge in [0.2, 0.25) is 0 Å². The molecule has 0 saturated heterocycles. The molecule has 21 heavy (non-hydrogen) atoms. The van der Waals surface area contributed by atoms with Gasteiger partial charge in [-0.2, -0.15) is 0 Å². The van der Waals surface area contributed by atoms with E-state index < -0.39 is 6.29 Å². The summed E-state index contributed by atoms with van der Waals surface area (Å²) >= 11 is 0. The maximum atomic E-state index is 9.54. The predicted octanol–water partition coefficient (Wildman–Crippen LogP) is 6.21. The third-order valence-corrected chi connectivity index (χ3v) is 4.07. The Labute approximate surface area is 133 Å². The van der Waals surface area contributed by atoms with E-state index >= 15 is 0 Å². The van der Waals surface area contributed by atoms with E-state index in [-0.39, 0.29) is 0 Å². The van der Waals surface area contributed by atoms with Crippen molar-refractivity contribution < 1.29 is 9.84 Å². The summed E-state index contributed by atoms with van der Waals surface area (Å²) in [5, 5.41) is 9.54. The van der Waals surface area contributed by atoms with E-state index in [9.17, 15) is 5.11 Å². The zero-order chi connectivity index (χ0) is 15.6. The Morgan fingerprint density at radius 3 is 1.48 bits per heavy atom. The Kier molecular flexibility index (Phi) is 17.9. The van der Waals surface area contributed by atoms with Crippen LogP contribution in [-0.4, -0.2) is 18.0 Å². The molecule has 2 heteroatoms. The highest BCUT2D eigenvalue weighted by Gasteiger charge is 2.02. The van der Waals surface area contributed by atoms with E-state index in [1.807, 2.05) is 0 Å². The minimum atomic E-state index is -0.530. The highest BCUT2D eigenvalue weighted by molar-refractivity contribution is 4.50. The van der Waals surface area contributed by atoms with Crippen LogP contribution < -0.4 is 0 Å². The minimum absolute atomic E-state index is 0.530. The van der Waals surface area contributed by atoms with Crippen LogP contribution in [0.15, 0.2) is 0 Å². The van der Waals surface area contributed by atoms with Gasteiger partial charge in [0.1, 0.15) is 0 Å². The summed E-state index contributed by atoms with van der Waals surface area (Å²) in [5.74, 6) is 0. The van der Waals surface area contributed by atoms with E-state index in [0.717, 1.165) is 19.3 Å². The molecule has 0 spiro atoms. The van der Waals surface area contributed by atoms with Gasteiger partial charge in [0.25, 0.3) is 0 Å². The van der Waals surface area contributed by atoms with Gasteiger partial charge in [-0.25, -0.2) is 0 Å². The lowest BCUT2D eigenvalue weighted by Gasteiger charge is -2.10. The van der Waals surface area contributed by atoms with Crippen LogP contribution in [0.3, 0.4) is 0 Å². The summed E-state index contributed by atoms with van der Waals surface area (Å²) in [6.45, 7) is 5.02. The molecule has 0 fully saturated rings. The molecule has 128 valence electrons. The van der Waals surface area contributed by atoms with Crippen molar-refractivity contribution in [3.05, 3.63) is 0 Å². The molecule has 0 heterocycles. The summed E-state index contributed by atoms with van der Waals surface area (Å²) in [6.07, 6.45) is 19.0. The van der Waals surface area contributed by atoms with E-state index in [2.05, 4.69) is 13.8 Å². The van der Waals surface area contributed by atoms with Gasteiger partial charge in [-0.05, 0) is 19.3 Å². The Bertz CT molecular complexity index is 182. The van der Waals surface area contributed by atoms with Gasteiger partial charge in [0.15, 0.2) is 6.29 Å². The van der Waals surface area contributed by atoms with Gasteiger partial charge in [0, 0.05) is 6.61 Å². The van der Waals surface area contributed by atoms with E-state index in [0.29, 0.717) is 6.61 Å². The average Bonchev–Trinajstić information content (AvgIpc) is 2.49. The lowest BCUT2D eigenvalue weighted by atomic mass is 10.0. The largest absolute Gasteiger partial charge is 0.368 e. The monoisotopic (exact) mass is 300 g/mol. The molecule has 0 saturated carbocycles. The number of rotatable bonds is 17. The summed E-state index contributed by atoms with van der Waals surface area (Å²) in [7, 11) is 0. The standard InChI is InChI=1S/C19H40O2/c1-3-5-6-7-8-9-10-11-12-13-14-15-16-17-19(20)21-18-4-2/h19-20H,3-18H2,1-2H3. The maximum Gasteiger partial charge on any atom is 0.154 e. The molecule has 0 bridgehead atoms. The summed E-state index contributed by atoms with van der Waals surface area (Å²) in [6, 6.07) is 0. The average molecular weight is 301 g/mol. The third-order valence-electron chi connectivity index (χ3n) is 4.07. The summed E-state index contributed by atoms with van der Waals surface area (Å²) in [5.41, 5.74) is 0. The normalized spacial score (nSPS) is 12.7. The third kappa shape index (κ3) is 17.9. The minimum Gasteiger partial charge on any atom is -0.368 e. The quantitative estimate of drug-likeness (QED) is 0.255. The van der Waals surface area contributed by atoms with Crippen molar-refractivity contribution in [2.75, 3.05) is 6.61 Å². The fraction of sp³-hybridized carbons (Fsp3) is 1.00. The van der Waals surface area contributed by atoms with Crippen molar-refractivity contribution in [1.82, 2.24) is 0 Å². The van der Waals surface area contributed by atoms with Crippen LogP contribution >= 0.6 is 0 Å². The lowest BCUT2D eigenvalue weighted by molar-refractivity contribution is -0.104. The fourth-order valence-electron chi connectivity index (χ4n) is 2.67. The second-order valence-electron chi connectivity index (χ2n) is 6.36. The SMILES string of the molecule is CCCCCCCCCCCCCCCC(O)OCCC. The molecule has 0 amide bonds. The number of hydrogen-bond acceptors (Lipinski definition) is 2. The molecule has 0 radical (unpaired) electrons. The molecule has 0 aromatic rings. The van der Waals surface area contributed by atoms with Gasteiger partial charge >= 0.3 is 0 Å². The van der Waals surface area contributed by atoms with Crippen LogP contribution in [-0.2, 0) is 4.74 Å². The molecule has 0 rings (SSSR count). The molecular weight excluding hydrogens is 260 g/mol. The zero-order valence-electron chi connectivity index (χ0n) is 14.7. The number of unbranched alkanes of at least 4 members (excludes halogenated alkanes) is 12. The fourth-order valence-corrected chi connectivity index (χ4v) is 2.67. The van der Waals surface area contributed by atoms with E-state index in [1.165, 1.54) is 77.0 Å². The first-order valence-electron chi connectivity index (χ1n) is 9.61. The molecule has 0 aliphatic rings. The van der Waals surface area contributed by atoms with Gasteiger partial charge in [0.05, 0.1) is 0 Å². The van der Waals surface area contributed by atoms with Crippen molar-refractivity contribution in [2.45, 2.75) is 116 Å². The molecule has 0 aliphatic heterocycles. The van der Waals surface area contributed by atoms with Crippen molar-refractivity contribution in [1.29, 1.82) is 0 Å². The van der Waals surface area contributed by atoms with Crippen molar-refractivity contribution in [2.24, 2.45) is 0 Å². The van der Waals surface area contributed by atoms with Crippen molar-refractivity contribution in [3.63, 3.8) is 0 Å². The Morgan fingerprint density at radius 2 is 1.05 bits per heavy atom. The highest BCUT2D eigenvalue weighted by Crippen LogP contribution is 2.13. The van der Waals surface area contributed by atoms with E-state index in [1.54, 1.807) is 0 Å². The van der Waals surface area contributed by atoms with Gasteiger partial charge < -0.3 is 9.84 Å². The molecule has 0 aromatic carbocycles. The molecule has 1 unspecified atom stereocenters. The van der Waals surface area contributed by atoms with Gasteiger partial charge in [-0.15, -0.1) is 0 Å². The molecular formula is C19H40O2. The molecule has 0 aromatic heterocycles. The molecule has 1 atom stereocenters. The first kappa shape index (κ1) is 20.9.